The zero-order valence-electron chi connectivity index (χ0n) is 11.0. The molecular weight excluding hydrogens is 270 g/mol. The summed E-state index contributed by atoms with van der Waals surface area (Å²) in [5.74, 6) is 1.61. The molecule has 0 aliphatic heterocycles. The van der Waals surface area contributed by atoms with E-state index >= 15 is 0 Å². The smallest absolute Gasteiger partial charge is 0.172 e. The summed E-state index contributed by atoms with van der Waals surface area (Å²) in [5.41, 5.74) is 2.05. The van der Waals surface area contributed by atoms with Crippen LogP contribution in [0.15, 0.2) is 60.7 Å². The molecule has 3 rings (SSSR count). The molecule has 0 atom stereocenters. The van der Waals surface area contributed by atoms with E-state index in [-0.39, 0.29) is 0 Å². The molecule has 0 aliphatic carbocycles. The number of anilines is 1. The first-order valence-electron chi connectivity index (χ1n) is 6.38. The van der Waals surface area contributed by atoms with Gasteiger partial charge in [0, 0.05) is 18.3 Å². The highest BCUT2D eigenvalue weighted by Gasteiger charge is 2.17. The number of rotatable bonds is 3. The van der Waals surface area contributed by atoms with Gasteiger partial charge in [-0.25, -0.2) is 4.98 Å². The van der Waals surface area contributed by atoms with Crippen molar-refractivity contribution in [2.24, 2.45) is 0 Å². The number of hydrogen-bond donors (Lipinski definition) is 1. The van der Waals surface area contributed by atoms with Crippen LogP contribution in [-0.4, -0.2) is 16.6 Å². The fourth-order valence-electron chi connectivity index (χ4n) is 2.22. The van der Waals surface area contributed by atoms with E-state index in [0.29, 0.717) is 5.15 Å². The third-order valence-electron chi connectivity index (χ3n) is 3.12. The van der Waals surface area contributed by atoms with Crippen molar-refractivity contribution in [1.82, 2.24) is 9.55 Å². The van der Waals surface area contributed by atoms with Crippen LogP contribution in [0.4, 0.5) is 5.82 Å². The van der Waals surface area contributed by atoms with Gasteiger partial charge >= 0.3 is 0 Å². The van der Waals surface area contributed by atoms with Crippen molar-refractivity contribution >= 4 is 17.4 Å². The van der Waals surface area contributed by atoms with E-state index in [4.69, 9.17) is 11.6 Å². The van der Waals surface area contributed by atoms with Crippen LogP contribution in [0.5, 0.6) is 0 Å². The Labute approximate surface area is 122 Å². The van der Waals surface area contributed by atoms with Crippen LogP contribution in [0.25, 0.3) is 17.1 Å². The minimum absolute atomic E-state index is 0.468. The predicted octanol–water partition coefficient (Wildman–Crippen LogP) is 4.23. The summed E-state index contributed by atoms with van der Waals surface area (Å²) < 4.78 is 2.03. The molecule has 1 aromatic heterocycles. The van der Waals surface area contributed by atoms with Crippen molar-refractivity contribution in [3.05, 3.63) is 65.8 Å². The second kappa shape index (κ2) is 5.39. The molecule has 1 heterocycles. The van der Waals surface area contributed by atoms with E-state index in [2.05, 4.69) is 10.3 Å². The second-order valence-electron chi connectivity index (χ2n) is 4.36. The topological polar surface area (TPSA) is 29.9 Å². The van der Waals surface area contributed by atoms with Gasteiger partial charge in [0.2, 0.25) is 0 Å². The van der Waals surface area contributed by atoms with Gasteiger partial charge in [-0.3, -0.25) is 4.57 Å². The Kier molecular flexibility index (Phi) is 3.44. The molecule has 4 heteroatoms. The fraction of sp³-hybridized carbons (Fsp3) is 0.0625. The summed E-state index contributed by atoms with van der Waals surface area (Å²) in [4.78, 5) is 4.49. The lowest BCUT2D eigenvalue weighted by molar-refractivity contribution is 1.07. The van der Waals surface area contributed by atoms with Gasteiger partial charge in [-0.1, -0.05) is 60.1 Å². The van der Waals surface area contributed by atoms with Crippen molar-refractivity contribution in [2.75, 3.05) is 12.4 Å². The maximum atomic E-state index is 6.26. The van der Waals surface area contributed by atoms with Crippen LogP contribution in [-0.2, 0) is 0 Å². The van der Waals surface area contributed by atoms with Crippen molar-refractivity contribution < 1.29 is 0 Å². The molecule has 0 amide bonds. The minimum atomic E-state index is 0.468. The maximum Gasteiger partial charge on any atom is 0.172 e. The first-order chi connectivity index (χ1) is 9.81. The zero-order chi connectivity index (χ0) is 13.9. The van der Waals surface area contributed by atoms with Crippen LogP contribution in [0.2, 0.25) is 5.15 Å². The van der Waals surface area contributed by atoms with Gasteiger partial charge < -0.3 is 5.32 Å². The van der Waals surface area contributed by atoms with Crippen LogP contribution in [0, 0.1) is 0 Å². The Morgan fingerprint density at radius 1 is 0.950 bits per heavy atom. The summed E-state index contributed by atoms with van der Waals surface area (Å²) in [6.07, 6.45) is 0. The molecule has 0 bridgehead atoms. The van der Waals surface area contributed by atoms with Gasteiger partial charge in [0.25, 0.3) is 0 Å². The first kappa shape index (κ1) is 12.8. The monoisotopic (exact) mass is 283 g/mol. The third-order valence-corrected chi connectivity index (χ3v) is 3.38. The molecule has 0 unspecified atom stereocenters. The molecule has 100 valence electrons. The summed E-state index contributed by atoms with van der Waals surface area (Å²) >= 11 is 6.26. The summed E-state index contributed by atoms with van der Waals surface area (Å²) in [6.45, 7) is 0. The van der Waals surface area contributed by atoms with E-state index in [1.807, 2.05) is 72.3 Å². The molecule has 0 radical (unpaired) electrons. The van der Waals surface area contributed by atoms with Crippen LogP contribution in [0.3, 0.4) is 0 Å². The molecule has 0 saturated heterocycles. The van der Waals surface area contributed by atoms with Crippen molar-refractivity contribution in [3.8, 4) is 17.1 Å². The quantitative estimate of drug-likeness (QED) is 0.779. The number of para-hydroxylation sites is 1. The van der Waals surface area contributed by atoms with Gasteiger partial charge in [-0.15, -0.1) is 0 Å². The summed E-state index contributed by atoms with van der Waals surface area (Å²) in [6, 6.07) is 20.1. The molecule has 2 aromatic carbocycles. The molecule has 20 heavy (non-hydrogen) atoms. The van der Waals surface area contributed by atoms with E-state index in [1.54, 1.807) is 0 Å². The van der Waals surface area contributed by atoms with Crippen molar-refractivity contribution in [2.45, 2.75) is 0 Å². The molecule has 0 saturated carbocycles. The lowest BCUT2D eigenvalue weighted by atomic mass is 10.2. The van der Waals surface area contributed by atoms with Crippen LogP contribution >= 0.6 is 11.6 Å². The zero-order valence-corrected chi connectivity index (χ0v) is 11.8. The molecule has 0 spiro atoms. The number of hydrogen-bond acceptors (Lipinski definition) is 2. The predicted molar refractivity (Wildman–Crippen MR) is 83.6 cm³/mol. The number of aromatic nitrogens is 2. The van der Waals surface area contributed by atoms with Gasteiger partial charge in [0.15, 0.2) is 5.15 Å². The first-order valence-corrected chi connectivity index (χ1v) is 6.76. The van der Waals surface area contributed by atoms with E-state index < -0.39 is 0 Å². The highest BCUT2D eigenvalue weighted by atomic mass is 35.5. The van der Waals surface area contributed by atoms with Gasteiger partial charge in [0.1, 0.15) is 11.6 Å². The highest BCUT2D eigenvalue weighted by molar-refractivity contribution is 6.32. The van der Waals surface area contributed by atoms with Crippen molar-refractivity contribution in [3.63, 3.8) is 0 Å². The van der Waals surface area contributed by atoms with Crippen LogP contribution < -0.4 is 5.32 Å². The van der Waals surface area contributed by atoms with E-state index in [1.165, 1.54) is 0 Å². The minimum Gasteiger partial charge on any atom is -0.372 e. The Hall–Kier alpha value is -2.26. The molecule has 0 aliphatic rings. The Bertz CT molecular complexity index is 705. The number of halogens is 1. The Balaban J connectivity index is 2.26. The third kappa shape index (κ3) is 2.17. The average Bonchev–Trinajstić information content (AvgIpc) is 2.85. The average molecular weight is 284 g/mol. The summed E-state index contributed by atoms with van der Waals surface area (Å²) in [5, 5.41) is 3.59. The van der Waals surface area contributed by atoms with Gasteiger partial charge in [-0.2, -0.15) is 0 Å². The molecule has 0 fully saturated rings. The normalized spacial score (nSPS) is 10.5. The molecule has 3 aromatic rings. The lowest BCUT2D eigenvalue weighted by Gasteiger charge is -2.11. The van der Waals surface area contributed by atoms with E-state index in [0.717, 1.165) is 22.9 Å². The van der Waals surface area contributed by atoms with Gasteiger partial charge in [-0.05, 0) is 12.1 Å². The molecule has 1 N–H and O–H groups in total. The number of benzene rings is 2. The number of nitrogens with one attached hydrogen (secondary N) is 1. The number of nitrogens with zero attached hydrogens (tertiary/aromatic N) is 2. The van der Waals surface area contributed by atoms with Crippen LogP contribution in [0.1, 0.15) is 0 Å². The second-order valence-corrected chi connectivity index (χ2v) is 4.72. The molecular formula is C16H14ClN3. The lowest BCUT2D eigenvalue weighted by Crippen LogP contribution is -2.02. The van der Waals surface area contributed by atoms with Gasteiger partial charge in [0.05, 0.1) is 0 Å². The standard InChI is InChI=1S/C16H14ClN3/c1-18-16-14(17)19-15(12-8-4-2-5-9-12)20(16)13-10-6-3-7-11-13/h2-11,18H,1H3. The Morgan fingerprint density at radius 3 is 2.15 bits per heavy atom. The maximum absolute atomic E-state index is 6.26. The van der Waals surface area contributed by atoms with Crippen molar-refractivity contribution in [1.29, 1.82) is 0 Å². The van der Waals surface area contributed by atoms with E-state index in [9.17, 15) is 0 Å². The fourth-order valence-corrected chi connectivity index (χ4v) is 2.48. The SMILES string of the molecule is CNc1c(Cl)nc(-c2ccccc2)n1-c1ccccc1. The highest BCUT2D eigenvalue weighted by Crippen LogP contribution is 2.32. The largest absolute Gasteiger partial charge is 0.372 e. The Morgan fingerprint density at radius 2 is 1.55 bits per heavy atom. The summed E-state index contributed by atoms with van der Waals surface area (Å²) in [7, 11) is 1.84. The molecule has 3 nitrogen and oxygen atoms in total. The number of imidazole rings is 1.